The number of fused-ring (bicyclic) bond motifs is 1. The number of benzene rings is 2. The highest BCUT2D eigenvalue weighted by atomic mass is 127. The van der Waals surface area contributed by atoms with Gasteiger partial charge >= 0.3 is 0 Å². The molecule has 98 valence electrons. The first kappa shape index (κ1) is 13.5. The van der Waals surface area contributed by atoms with Crippen molar-refractivity contribution in [2.75, 3.05) is 0 Å². The van der Waals surface area contributed by atoms with Crippen molar-refractivity contribution >= 4 is 50.9 Å². The van der Waals surface area contributed by atoms with Crippen molar-refractivity contribution in [3.8, 4) is 0 Å². The number of pyridine rings is 1. The maximum absolute atomic E-state index is 12.7. The molecule has 2 nitrogen and oxygen atoms in total. The highest BCUT2D eigenvalue weighted by Gasteiger charge is 2.15. The zero-order valence-corrected chi connectivity index (χ0v) is 13.2. The van der Waals surface area contributed by atoms with E-state index in [1.54, 1.807) is 18.3 Å². The number of rotatable bonds is 2. The molecule has 0 aliphatic heterocycles. The maximum atomic E-state index is 12.7. The fourth-order valence-electron chi connectivity index (χ4n) is 2.12. The standard InChI is InChI=1S/C16H9ClINO/c17-10-6-7-14(18)13(9-10)16(20)12-3-1-5-15-11(12)4-2-8-19-15/h1-9H. The molecule has 0 atom stereocenters. The van der Waals surface area contributed by atoms with Crippen molar-refractivity contribution in [1.82, 2.24) is 4.98 Å². The molecule has 0 radical (unpaired) electrons. The summed E-state index contributed by atoms with van der Waals surface area (Å²) in [7, 11) is 0. The Balaban J connectivity index is 2.20. The van der Waals surface area contributed by atoms with Crippen LogP contribution in [0.15, 0.2) is 54.7 Å². The molecule has 1 aromatic heterocycles. The summed E-state index contributed by atoms with van der Waals surface area (Å²) in [4.78, 5) is 17.0. The van der Waals surface area contributed by atoms with Crippen LogP contribution in [0.2, 0.25) is 5.02 Å². The lowest BCUT2D eigenvalue weighted by Gasteiger charge is -2.07. The Labute approximate surface area is 134 Å². The molecule has 0 N–H and O–H groups in total. The van der Waals surface area contributed by atoms with Crippen molar-refractivity contribution in [3.63, 3.8) is 0 Å². The first-order valence-electron chi connectivity index (χ1n) is 6.00. The van der Waals surface area contributed by atoms with Crippen molar-refractivity contribution in [2.45, 2.75) is 0 Å². The second-order valence-corrected chi connectivity index (χ2v) is 5.93. The van der Waals surface area contributed by atoms with E-state index in [0.29, 0.717) is 16.1 Å². The molecule has 2 aromatic carbocycles. The topological polar surface area (TPSA) is 30.0 Å². The van der Waals surface area contributed by atoms with Gasteiger partial charge in [0.2, 0.25) is 0 Å². The average molecular weight is 394 g/mol. The minimum atomic E-state index is -0.0319. The Morgan fingerprint density at radius 1 is 1.05 bits per heavy atom. The first-order chi connectivity index (χ1) is 9.66. The number of halogens is 2. The maximum Gasteiger partial charge on any atom is 0.194 e. The van der Waals surface area contributed by atoms with Gasteiger partial charge in [-0.2, -0.15) is 0 Å². The Morgan fingerprint density at radius 2 is 1.90 bits per heavy atom. The summed E-state index contributed by atoms with van der Waals surface area (Å²) in [6.07, 6.45) is 1.72. The molecular weight excluding hydrogens is 385 g/mol. The normalized spacial score (nSPS) is 10.7. The molecule has 3 aromatic rings. The van der Waals surface area contributed by atoms with Gasteiger partial charge in [0.1, 0.15) is 0 Å². The largest absolute Gasteiger partial charge is 0.289 e. The molecule has 0 bridgehead atoms. The lowest BCUT2D eigenvalue weighted by atomic mass is 9.99. The van der Waals surface area contributed by atoms with E-state index >= 15 is 0 Å². The summed E-state index contributed by atoms with van der Waals surface area (Å²) in [6, 6.07) is 14.7. The Bertz CT molecular complexity index is 811. The third-order valence-electron chi connectivity index (χ3n) is 3.06. The smallest absolute Gasteiger partial charge is 0.194 e. The van der Waals surface area contributed by atoms with Gasteiger partial charge in [0.05, 0.1) is 5.52 Å². The second-order valence-electron chi connectivity index (χ2n) is 4.33. The summed E-state index contributed by atoms with van der Waals surface area (Å²) in [5, 5.41) is 1.42. The monoisotopic (exact) mass is 393 g/mol. The predicted octanol–water partition coefficient (Wildman–Crippen LogP) is 4.72. The minimum Gasteiger partial charge on any atom is -0.289 e. The molecule has 0 saturated heterocycles. The SMILES string of the molecule is O=C(c1cc(Cl)ccc1I)c1cccc2ncccc12. The van der Waals surface area contributed by atoms with E-state index < -0.39 is 0 Å². The molecule has 0 aliphatic rings. The number of hydrogen-bond acceptors (Lipinski definition) is 2. The molecule has 0 aliphatic carbocycles. The van der Waals surface area contributed by atoms with Crippen molar-refractivity contribution in [2.24, 2.45) is 0 Å². The molecule has 4 heteroatoms. The van der Waals surface area contributed by atoms with Gasteiger partial charge in [-0.15, -0.1) is 0 Å². The van der Waals surface area contributed by atoms with Crippen molar-refractivity contribution < 1.29 is 4.79 Å². The number of carbonyl (C=O) groups is 1. The summed E-state index contributed by atoms with van der Waals surface area (Å²) in [6.45, 7) is 0. The molecule has 1 heterocycles. The Hall–Kier alpha value is -1.46. The van der Waals surface area contributed by atoms with E-state index in [9.17, 15) is 4.79 Å². The third-order valence-corrected chi connectivity index (χ3v) is 4.24. The first-order valence-corrected chi connectivity index (χ1v) is 7.46. The van der Waals surface area contributed by atoms with Crippen LogP contribution < -0.4 is 0 Å². The summed E-state index contributed by atoms with van der Waals surface area (Å²) < 4.78 is 0.887. The van der Waals surface area contributed by atoms with Crippen LogP contribution in [0.4, 0.5) is 0 Å². The molecular formula is C16H9ClINO. The van der Waals surface area contributed by atoms with E-state index in [1.165, 1.54) is 0 Å². The van der Waals surface area contributed by atoms with Crippen LogP contribution in [0.1, 0.15) is 15.9 Å². The molecule has 0 spiro atoms. The van der Waals surface area contributed by atoms with Gasteiger partial charge < -0.3 is 0 Å². The lowest BCUT2D eigenvalue weighted by molar-refractivity contribution is 0.103. The number of aromatic nitrogens is 1. The van der Waals surface area contributed by atoms with Crippen molar-refractivity contribution in [3.05, 3.63) is 74.4 Å². The van der Waals surface area contributed by atoms with Gasteiger partial charge in [-0.1, -0.05) is 29.8 Å². The predicted molar refractivity (Wildman–Crippen MR) is 89.3 cm³/mol. The van der Waals surface area contributed by atoms with Gasteiger partial charge in [-0.25, -0.2) is 0 Å². The number of nitrogens with zero attached hydrogens (tertiary/aromatic N) is 1. The highest BCUT2D eigenvalue weighted by molar-refractivity contribution is 14.1. The average Bonchev–Trinajstić information content (AvgIpc) is 2.48. The Kier molecular flexibility index (Phi) is 3.72. The van der Waals surface area contributed by atoms with Crippen LogP contribution in [0, 0.1) is 3.57 Å². The second kappa shape index (κ2) is 5.50. The van der Waals surface area contributed by atoms with Crippen LogP contribution in [-0.4, -0.2) is 10.8 Å². The zero-order chi connectivity index (χ0) is 14.1. The number of hydrogen-bond donors (Lipinski definition) is 0. The van der Waals surface area contributed by atoms with Gasteiger partial charge in [-0.05, 0) is 52.9 Å². The molecule has 3 rings (SSSR count). The quantitative estimate of drug-likeness (QED) is 0.466. The van der Waals surface area contributed by atoms with Gasteiger partial charge in [-0.3, -0.25) is 9.78 Å². The van der Waals surface area contributed by atoms with Crippen molar-refractivity contribution in [1.29, 1.82) is 0 Å². The molecule has 0 unspecified atom stereocenters. The van der Waals surface area contributed by atoms with E-state index in [1.807, 2.05) is 36.4 Å². The van der Waals surface area contributed by atoms with E-state index in [4.69, 9.17) is 11.6 Å². The fraction of sp³-hybridized carbons (Fsp3) is 0. The summed E-state index contributed by atoms with van der Waals surface area (Å²) in [5.41, 5.74) is 2.08. The van der Waals surface area contributed by atoms with Crippen LogP contribution in [0.25, 0.3) is 10.9 Å². The summed E-state index contributed by atoms with van der Waals surface area (Å²) >= 11 is 8.15. The van der Waals surface area contributed by atoms with Crippen LogP contribution >= 0.6 is 34.2 Å². The minimum absolute atomic E-state index is 0.0319. The van der Waals surface area contributed by atoms with E-state index in [2.05, 4.69) is 27.6 Å². The number of carbonyl (C=O) groups excluding carboxylic acids is 1. The Morgan fingerprint density at radius 3 is 2.75 bits per heavy atom. The van der Waals surface area contributed by atoms with Crippen LogP contribution in [-0.2, 0) is 0 Å². The van der Waals surface area contributed by atoms with Gasteiger partial charge in [0.25, 0.3) is 0 Å². The molecule has 0 fully saturated rings. The van der Waals surface area contributed by atoms with E-state index in [-0.39, 0.29) is 5.78 Å². The fourth-order valence-corrected chi connectivity index (χ4v) is 2.87. The lowest BCUT2D eigenvalue weighted by Crippen LogP contribution is -2.04. The third kappa shape index (κ3) is 2.43. The van der Waals surface area contributed by atoms with Gasteiger partial charge in [0, 0.05) is 31.3 Å². The van der Waals surface area contributed by atoms with Gasteiger partial charge in [0.15, 0.2) is 5.78 Å². The molecule has 20 heavy (non-hydrogen) atoms. The van der Waals surface area contributed by atoms with E-state index in [0.717, 1.165) is 14.5 Å². The van der Waals surface area contributed by atoms with Crippen LogP contribution in [0.5, 0.6) is 0 Å². The number of ketones is 1. The molecule has 0 amide bonds. The summed E-state index contributed by atoms with van der Waals surface area (Å²) in [5.74, 6) is -0.0319. The highest BCUT2D eigenvalue weighted by Crippen LogP contribution is 2.24. The molecule has 0 saturated carbocycles. The van der Waals surface area contributed by atoms with Crippen LogP contribution in [0.3, 0.4) is 0 Å². The zero-order valence-electron chi connectivity index (χ0n) is 10.3.